The molecule has 4 rings (SSSR count). The molecule has 2 N–H and O–H groups in total. The molecule has 148 valence electrons. The third kappa shape index (κ3) is 3.38. The zero-order valence-electron chi connectivity index (χ0n) is 15.4. The Balaban J connectivity index is 1.64. The Bertz CT molecular complexity index is 1010. The predicted molar refractivity (Wildman–Crippen MR) is 102 cm³/mol. The molecule has 2 aromatic carbocycles. The van der Waals surface area contributed by atoms with Crippen molar-refractivity contribution in [3.05, 3.63) is 64.7 Å². The van der Waals surface area contributed by atoms with Crippen molar-refractivity contribution in [2.75, 3.05) is 11.4 Å². The smallest absolute Gasteiger partial charge is 0.335 e. The van der Waals surface area contributed by atoms with Gasteiger partial charge in [0.15, 0.2) is 0 Å². The number of rotatable bonds is 4. The molecule has 1 saturated heterocycles. The minimum absolute atomic E-state index is 0.0271. The highest BCUT2D eigenvalue weighted by Crippen LogP contribution is 2.30. The van der Waals surface area contributed by atoms with Gasteiger partial charge in [-0.3, -0.25) is 14.5 Å². The van der Waals surface area contributed by atoms with Gasteiger partial charge in [0.1, 0.15) is 0 Å². The lowest BCUT2D eigenvalue weighted by Gasteiger charge is -2.32. The molecule has 0 saturated carbocycles. The zero-order valence-corrected chi connectivity index (χ0v) is 15.4. The highest BCUT2D eigenvalue weighted by Gasteiger charge is 2.43. The summed E-state index contributed by atoms with van der Waals surface area (Å²) in [6.07, 6.45) is 0.743. The van der Waals surface area contributed by atoms with Crippen LogP contribution in [-0.4, -0.2) is 51.5 Å². The van der Waals surface area contributed by atoms with E-state index < -0.39 is 29.8 Å². The maximum absolute atomic E-state index is 13.1. The molecule has 1 atom stereocenters. The fourth-order valence-electron chi connectivity index (χ4n) is 3.94. The number of benzene rings is 2. The first-order chi connectivity index (χ1) is 13.8. The fraction of sp³-hybridized carbons (Fsp3) is 0.238. The highest BCUT2D eigenvalue weighted by atomic mass is 16.4. The normalized spacial score (nSPS) is 19.3. The van der Waals surface area contributed by atoms with E-state index in [-0.39, 0.29) is 23.2 Å². The van der Waals surface area contributed by atoms with Crippen LogP contribution in [0.4, 0.5) is 5.69 Å². The number of nitrogens with zero attached hydrogens (tertiary/aromatic N) is 2. The number of fused-ring (bicyclic) bond motifs is 1. The molecule has 0 aromatic heterocycles. The minimum Gasteiger partial charge on any atom is -0.478 e. The van der Waals surface area contributed by atoms with Crippen molar-refractivity contribution in [2.45, 2.75) is 25.4 Å². The molecular weight excluding hydrogens is 376 g/mol. The summed E-state index contributed by atoms with van der Waals surface area (Å²) in [6.45, 7) is 1.17. The van der Waals surface area contributed by atoms with Crippen LogP contribution < -0.4 is 4.90 Å². The highest BCUT2D eigenvalue weighted by molar-refractivity contribution is 6.23. The third-order valence-electron chi connectivity index (χ3n) is 5.39. The van der Waals surface area contributed by atoms with Crippen LogP contribution in [0.15, 0.2) is 42.5 Å². The van der Waals surface area contributed by atoms with Crippen LogP contribution in [0.3, 0.4) is 0 Å². The summed E-state index contributed by atoms with van der Waals surface area (Å²) < 4.78 is 0. The first-order valence-electron chi connectivity index (χ1n) is 9.14. The van der Waals surface area contributed by atoms with Crippen molar-refractivity contribution >= 4 is 29.4 Å². The number of carbonyl (C=O) groups excluding carboxylic acids is 2. The Kier molecular flexibility index (Phi) is 4.63. The van der Waals surface area contributed by atoms with Gasteiger partial charge in [-0.05, 0) is 35.7 Å². The van der Waals surface area contributed by atoms with Crippen LogP contribution in [-0.2, 0) is 22.6 Å². The topological polar surface area (TPSA) is 115 Å². The van der Waals surface area contributed by atoms with E-state index in [1.165, 1.54) is 5.56 Å². The van der Waals surface area contributed by atoms with Gasteiger partial charge >= 0.3 is 11.9 Å². The lowest BCUT2D eigenvalue weighted by atomic mass is 9.98. The number of carboxylic acids is 2. The molecule has 1 unspecified atom stereocenters. The molecule has 0 bridgehead atoms. The summed E-state index contributed by atoms with van der Waals surface area (Å²) >= 11 is 0. The number of amides is 2. The summed E-state index contributed by atoms with van der Waals surface area (Å²) in [7, 11) is 0. The molecule has 29 heavy (non-hydrogen) atoms. The van der Waals surface area contributed by atoms with E-state index in [2.05, 4.69) is 0 Å². The molecule has 2 heterocycles. The number of imide groups is 1. The second-order valence-electron chi connectivity index (χ2n) is 7.16. The summed E-state index contributed by atoms with van der Waals surface area (Å²) in [5.74, 6) is -3.61. The summed E-state index contributed by atoms with van der Waals surface area (Å²) in [5.41, 5.74) is 1.71. The molecule has 0 aliphatic carbocycles. The molecule has 1 fully saturated rings. The van der Waals surface area contributed by atoms with Crippen molar-refractivity contribution < 1.29 is 29.4 Å². The Morgan fingerprint density at radius 2 is 1.55 bits per heavy atom. The van der Waals surface area contributed by atoms with E-state index in [1.54, 1.807) is 0 Å². The van der Waals surface area contributed by atoms with Gasteiger partial charge in [0.2, 0.25) is 5.91 Å². The molecule has 8 heteroatoms. The van der Waals surface area contributed by atoms with Gasteiger partial charge in [0, 0.05) is 13.1 Å². The van der Waals surface area contributed by atoms with Crippen molar-refractivity contribution in [1.29, 1.82) is 0 Å². The molecule has 2 amide bonds. The van der Waals surface area contributed by atoms with Gasteiger partial charge in [-0.25, -0.2) is 14.5 Å². The maximum Gasteiger partial charge on any atom is 0.335 e. The van der Waals surface area contributed by atoms with Crippen LogP contribution in [0.2, 0.25) is 0 Å². The van der Waals surface area contributed by atoms with Gasteiger partial charge in [0.25, 0.3) is 5.91 Å². The molecule has 8 nitrogen and oxygen atoms in total. The first kappa shape index (κ1) is 18.8. The monoisotopic (exact) mass is 394 g/mol. The fourth-order valence-corrected chi connectivity index (χ4v) is 3.94. The average molecular weight is 394 g/mol. The molecule has 0 radical (unpaired) electrons. The number of anilines is 1. The molecule has 0 spiro atoms. The van der Waals surface area contributed by atoms with E-state index in [4.69, 9.17) is 0 Å². The number of carbonyl (C=O) groups is 4. The van der Waals surface area contributed by atoms with Crippen molar-refractivity contribution in [3.8, 4) is 0 Å². The average Bonchev–Trinajstić information content (AvgIpc) is 3.01. The van der Waals surface area contributed by atoms with Crippen molar-refractivity contribution in [1.82, 2.24) is 4.90 Å². The minimum atomic E-state index is -1.34. The lowest BCUT2D eigenvalue weighted by molar-refractivity contribution is -0.123. The Morgan fingerprint density at radius 3 is 2.17 bits per heavy atom. The van der Waals surface area contributed by atoms with Gasteiger partial charge < -0.3 is 10.2 Å². The molecule has 2 aliphatic rings. The van der Waals surface area contributed by atoms with Crippen LogP contribution in [0.1, 0.15) is 38.3 Å². The summed E-state index contributed by atoms with van der Waals surface area (Å²) in [5, 5.41) is 18.5. The Morgan fingerprint density at radius 1 is 0.931 bits per heavy atom. The van der Waals surface area contributed by atoms with Gasteiger partial charge in [-0.15, -0.1) is 0 Å². The number of aromatic carboxylic acids is 2. The quantitative estimate of drug-likeness (QED) is 0.760. The maximum atomic E-state index is 13.1. The van der Waals surface area contributed by atoms with Crippen molar-refractivity contribution in [2.24, 2.45) is 0 Å². The zero-order chi connectivity index (χ0) is 20.7. The molecule has 2 aromatic rings. The van der Waals surface area contributed by atoms with E-state index in [9.17, 15) is 29.4 Å². The van der Waals surface area contributed by atoms with Gasteiger partial charge in [-0.2, -0.15) is 0 Å². The summed E-state index contributed by atoms with van der Waals surface area (Å²) in [6, 6.07) is 10.6. The van der Waals surface area contributed by atoms with Crippen molar-refractivity contribution in [3.63, 3.8) is 0 Å². The Labute approximate surface area is 166 Å². The second kappa shape index (κ2) is 7.14. The van der Waals surface area contributed by atoms with E-state index in [0.29, 0.717) is 13.1 Å². The van der Waals surface area contributed by atoms with E-state index in [0.717, 1.165) is 35.1 Å². The SMILES string of the molecule is O=C(O)c1cc(C(=O)O)cc(N2C(=O)CC(N3CCc4ccccc4C3)C2=O)c1. The number of hydrogen-bond acceptors (Lipinski definition) is 5. The second-order valence-corrected chi connectivity index (χ2v) is 7.16. The van der Waals surface area contributed by atoms with Crippen LogP contribution >= 0.6 is 0 Å². The molecule has 2 aliphatic heterocycles. The van der Waals surface area contributed by atoms with E-state index in [1.807, 2.05) is 29.2 Å². The van der Waals surface area contributed by atoms with Gasteiger partial charge in [0.05, 0.1) is 29.3 Å². The van der Waals surface area contributed by atoms with Crippen LogP contribution in [0, 0.1) is 0 Å². The van der Waals surface area contributed by atoms with Gasteiger partial charge in [-0.1, -0.05) is 24.3 Å². The number of hydrogen-bond donors (Lipinski definition) is 2. The van der Waals surface area contributed by atoms with Crippen LogP contribution in [0.25, 0.3) is 0 Å². The van der Waals surface area contributed by atoms with Crippen LogP contribution in [0.5, 0.6) is 0 Å². The Hall–Kier alpha value is -3.52. The standard InChI is InChI=1S/C21H18N2O6/c24-18-10-17(22-6-5-12-3-1-2-4-13(12)11-22)19(25)23(18)16-8-14(20(26)27)7-15(9-16)21(28)29/h1-4,7-9,17H,5-6,10-11H2,(H,26,27)(H,28,29). The molecular formula is C21H18N2O6. The third-order valence-corrected chi connectivity index (χ3v) is 5.39. The van der Waals surface area contributed by atoms with E-state index >= 15 is 0 Å². The predicted octanol–water partition coefficient (Wildman–Crippen LogP) is 1.77. The number of carboxylic acid groups (broad SMARTS) is 2. The summed E-state index contributed by atoms with van der Waals surface area (Å²) in [4.78, 5) is 51.2. The lowest BCUT2D eigenvalue weighted by Crippen LogP contribution is -2.44. The first-order valence-corrected chi connectivity index (χ1v) is 9.14. The largest absolute Gasteiger partial charge is 0.478 e.